The van der Waals surface area contributed by atoms with Crippen molar-refractivity contribution < 1.29 is 16.8 Å². The molecular formula is C14H22ClN3O4S2. The molecule has 1 aromatic rings. The van der Waals surface area contributed by atoms with Crippen molar-refractivity contribution >= 4 is 32.5 Å². The molecule has 3 rings (SSSR count). The Morgan fingerprint density at radius 2 is 1.58 bits per heavy atom. The number of benzene rings is 1. The van der Waals surface area contributed by atoms with Crippen LogP contribution in [-0.4, -0.2) is 46.3 Å². The maximum absolute atomic E-state index is 12.6. The Balaban J connectivity index is 0.00000208. The molecule has 1 heterocycles. The van der Waals surface area contributed by atoms with Crippen LogP contribution >= 0.6 is 12.4 Å². The molecule has 1 aromatic carbocycles. The van der Waals surface area contributed by atoms with Gasteiger partial charge in [0.15, 0.2) is 0 Å². The van der Waals surface area contributed by atoms with Gasteiger partial charge in [-0.2, -0.15) is 4.31 Å². The lowest BCUT2D eigenvalue weighted by Gasteiger charge is -2.29. The highest BCUT2D eigenvalue weighted by Gasteiger charge is 2.30. The van der Waals surface area contributed by atoms with Crippen LogP contribution in [0.15, 0.2) is 34.1 Å². The SMILES string of the molecule is Cl.NC1CCCN(S(=O)(=O)c2ccc(S(=O)(=O)NC3CC3)cc2)C1. The lowest BCUT2D eigenvalue weighted by molar-refractivity contribution is 0.316. The van der Waals surface area contributed by atoms with Crippen molar-refractivity contribution in [2.24, 2.45) is 5.73 Å². The van der Waals surface area contributed by atoms with Gasteiger partial charge in [-0.3, -0.25) is 0 Å². The number of nitrogens with zero attached hydrogens (tertiary/aromatic N) is 1. The Kier molecular flexibility index (Phi) is 5.94. The molecule has 0 radical (unpaired) electrons. The van der Waals surface area contributed by atoms with Gasteiger partial charge in [-0.25, -0.2) is 21.6 Å². The molecule has 3 N–H and O–H groups in total. The summed E-state index contributed by atoms with van der Waals surface area (Å²) in [5.74, 6) is 0. The Labute approximate surface area is 149 Å². The van der Waals surface area contributed by atoms with Crippen LogP contribution in [0.1, 0.15) is 25.7 Å². The van der Waals surface area contributed by atoms with Gasteiger partial charge in [-0.05, 0) is 49.9 Å². The Hall–Kier alpha value is -0.710. The summed E-state index contributed by atoms with van der Waals surface area (Å²) in [6.45, 7) is 0.741. The van der Waals surface area contributed by atoms with Gasteiger partial charge in [0.2, 0.25) is 20.0 Å². The maximum atomic E-state index is 12.6. The number of hydrogen-bond acceptors (Lipinski definition) is 5. The monoisotopic (exact) mass is 395 g/mol. The first kappa shape index (κ1) is 19.6. The van der Waals surface area contributed by atoms with Gasteiger partial charge in [-0.15, -0.1) is 12.4 Å². The van der Waals surface area contributed by atoms with Crippen LogP contribution in [0.4, 0.5) is 0 Å². The summed E-state index contributed by atoms with van der Waals surface area (Å²) in [6.07, 6.45) is 3.25. The predicted molar refractivity (Wildman–Crippen MR) is 93.0 cm³/mol. The van der Waals surface area contributed by atoms with E-state index >= 15 is 0 Å². The van der Waals surface area contributed by atoms with E-state index in [1.54, 1.807) is 0 Å². The second-order valence-electron chi connectivity index (χ2n) is 6.13. The lowest BCUT2D eigenvalue weighted by Crippen LogP contribution is -2.45. The van der Waals surface area contributed by atoms with Crippen molar-refractivity contribution in [2.75, 3.05) is 13.1 Å². The molecule has 1 aliphatic carbocycles. The molecule has 1 saturated carbocycles. The number of hydrogen-bond donors (Lipinski definition) is 2. The summed E-state index contributed by atoms with van der Waals surface area (Å²) in [7, 11) is -7.20. The van der Waals surface area contributed by atoms with E-state index in [1.165, 1.54) is 28.6 Å². The minimum atomic E-state index is -3.63. The quantitative estimate of drug-likeness (QED) is 0.761. The third-order valence-electron chi connectivity index (χ3n) is 4.09. The molecule has 1 saturated heterocycles. The van der Waals surface area contributed by atoms with Crippen molar-refractivity contribution in [3.05, 3.63) is 24.3 Å². The summed E-state index contributed by atoms with van der Waals surface area (Å²) in [5, 5.41) is 0. The summed E-state index contributed by atoms with van der Waals surface area (Å²) >= 11 is 0. The first-order chi connectivity index (χ1) is 10.8. The highest BCUT2D eigenvalue weighted by Crippen LogP contribution is 2.24. The van der Waals surface area contributed by atoms with Crippen LogP contribution in [0.25, 0.3) is 0 Å². The second-order valence-corrected chi connectivity index (χ2v) is 9.78. The van der Waals surface area contributed by atoms with E-state index in [9.17, 15) is 16.8 Å². The molecule has 0 bridgehead atoms. The number of piperidine rings is 1. The van der Waals surface area contributed by atoms with Gasteiger partial charge in [0, 0.05) is 25.2 Å². The van der Waals surface area contributed by atoms with Gasteiger partial charge < -0.3 is 5.73 Å². The standard InChI is InChI=1S/C14H21N3O4S2.ClH/c15-11-2-1-9-17(10-11)23(20,21)14-7-5-13(6-8-14)22(18,19)16-12-3-4-12;/h5-8,11-12,16H,1-4,9-10,15H2;1H. The number of rotatable bonds is 5. The fourth-order valence-electron chi connectivity index (χ4n) is 2.62. The molecule has 1 unspecified atom stereocenters. The van der Waals surface area contributed by atoms with Gasteiger partial charge in [-0.1, -0.05) is 0 Å². The smallest absolute Gasteiger partial charge is 0.243 e. The van der Waals surface area contributed by atoms with E-state index in [4.69, 9.17) is 5.73 Å². The van der Waals surface area contributed by atoms with Gasteiger partial charge in [0.05, 0.1) is 9.79 Å². The number of sulfonamides is 2. The summed E-state index contributed by atoms with van der Waals surface area (Å²) in [4.78, 5) is 0.177. The van der Waals surface area contributed by atoms with Crippen LogP contribution in [0.2, 0.25) is 0 Å². The maximum Gasteiger partial charge on any atom is 0.243 e. The van der Waals surface area contributed by atoms with Gasteiger partial charge in [0.1, 0.15) is 0 Å². The van der Waals surface area contributed by atoms with Crippen LogP contribution < -0.4 is 10.5 Å². The second kappa shape index (κ2) is 7.27. The zero-order valence-electron chi connectivity index (χ0n) is 13.1. The average Bonchev–Trinajstić information content (AvgIpc) is 3.30. The van der Waals surface area contributed by atoms with E-state index in [0.717, 1.165) is 25.7 Å². The molecule has 1 atom stereocenters. The van der Waals surface area contributed by atoms with E-state index in [1.807, 2.05) is 0 Å². The molecule has 1 aliphatic heterocycles. The molecule has 0 aromatic heterocycles. The number of nitrogens with one attached hydrogen (secondary N) is 1. The topological polar surface area (TPSA) is 110 Å². The van der Waals surface area contributed by atoms with E-state index in [0.29, 0.717) is 13.1 Å². The molecule has 24 heavy (non-hydrogen) atoms. The number of halogens is 1. The minimum absolute atomic E-state index is 0. The van der Waals surface area contributed by atoms with E-state index < -0.39 is 20.0 Å². The third kappa shape index (κ3) is 4.27. The fourth-order valence-corrected chi connectivity index (χ4v) is 5.46. The summed E-state index contributed by atoms with van der Waals surface area (Å²) in [6, 6.07) is 5.22. The van der Waals surface area contributed by atoms with Crippen LogP contribution in [0.3, 0.4) is 0 Å². The van der Waals surface area contributed by atoms with Gasteiger partial charge in [0.25, 0.3) is 0 Å². The average molecular weight is 396 g/mol. The van der Waals surface area contributed by atoms with Crippen molar-refractivity contribution in [2.45, 2.75) is 47.6 Å². The Bertz CT molecular complexity index is 777. The Morgan fingerprint density at radius 3 is 2.12 bits per heavy atom. The Morgan fingerprint density at radius 1 is 1.00 bits per heavy atom. The van der Waals surface area contributed by atoms with Crippen LogP contribution in [0.5, 0.6) is 0 Å². The third-order valence-corrected chi connectivity index (χ3v) is 7.51. The van der Waals surface area contributed by atoms with Crippen molar-refractivity contribution in [3.63, 3.8) is 0 Å². The molecule has 7 nitrogen and oxygen atoms in total. The van der Waals surface area contributed by atoms with E-state index in [2.05, 4.69) is 4.72 Å². The zero-order chi connectivity index (χ0) is 16.7. The molecule has 136 valence electrons. The van der Waals surface area contributed by atoms with E-state index in [-0.39, 0.29) is 34.3 Å². The first-order valence-corrected chi connectivity index (χ1v) is 10.6. The molecule has 2 aliphatic rings. The molecular weight excluding hydrogens is 374 g/mol. The normalized spacial score (nSPS) is 22.8. The minimum Gasteiger partial charge on any atom is -0.327 e. The predicted octanol–water partition coefficient (Wildman–Crippen LogP) is 0.661. The number of nitrogens with two attached hydrogens (primary N) is 1. The first-order valence-electron chi connectivity index (χ1n) is 7.67. The van der Waals surface area contributed by atoms with Gasteiger partial charge >= 0.3 is 0 Å². The van der Waals surface area contributed by atoms with Crippen LogP contribution in [0, 0.1) is 0 Å². The highest BCUT2D eigenvalue weighted by molar-refractivity contribution is 7.89. The molecule has 10 heteroatoms. The molecule has 2 fully saturated rings. The molecule has 0 spiro atoms. The van der Waals surface area contributed by atoms with Crippen LogP contribution in [-0.2, 0) is 20.0 Å². The highest BCUT2D eigenvalue weighted by atomic mass is 35.5. The summed E-state index contributed by atoms with van der Waals surface area (Å²) in [5.41, 5.74) is 5.84. The lowest BCUT2D eigenvalue weighted by atomic mass is 10.1. The zero-order valence-corrected chi connectivity index (χ0v) is 15.5. The molecule has 0 amide bonds. The van der Waals surface area contributed by atoms with Crippen molar-refractivity contribution in [1.82, 2.24) is 9.03 Å². The fraction of sp³-hybridized carbons (Fsp3) is 0.571. The van der Waals surface area contributed by atoms with Crippen molar-refractivity contribution in [1.29, 1.82) is 0 Å². The largest absolute Gasteiger partial charge is 0.327 e. The summed E-state index contributed by atoms with van der Waals surface area (Å²) < 4.78 is 53.3. The van der Waals surface area contributed by atoms with Crippen molar-refractivity contribution in [3.8, 4) is 0 Å².